The molecule has 21 heteroatoms. The van der Waals surface area contributed by atoms with Crippen molar-refractivity contribution in [3.05, 3.63) is 0 Å². The van der Waals surface area contributed by atoms with Crippen molar-refractivity contribution in [2.75, 3.05) is 0 Å². The third-order valence-corrected chi connectivity index (χ3v) is 3.35. The largest absolute Gasteiger partial charge is 0.614 e. The number of ketones is 1. The summed E-state index contributed by atoms with van der Waals surface area (Å²) in [5.74, 6) is 1.11. The Kier molecular flexibility index (Phi) is 27.0. The Bertz CT molecular complexity index is 931. The van der Waals surface area contributed by atoms with Gasteiger partial charge in [-0.2, -0.15) is 31.1 Å². The molecule has 173 valence electrons. The molecule has 14 nitrogen and oxygen atoms in total. The fourth-order valence-corrected chi connectivity index (χ4v) is 2.17. The maximum atomic E-state index is 10.8. The van der Waals surface area contributed by atoms with Crippen LogP contribution in [-0.4, -0.2) is 67.1 Å². The first-order valence-electron chi connectivity index (χ1n) is 7.96. The minimum atomic E-state index is -1.28. The van der Waals surface area contributed by atoms with E-state index in [0.717, 1.165) is 0 Å². The Morgan fingerprint density at radius 2 is 1.03 bits per heavy atom. The Labute approximate surface area is 382 Å². The second-order valence-corrected chi connectivity index (χ2v) is 5.64. The van der Waals surface area contributed by atoms with Crippen LogP contribution in [0.25, 0.3) is 0 Å². The molecule has 0 bridgehead atoms. The number of hydrogen-bond donors (Lipinski definition) is 0. The molecule has 0 aromatic carbocycles. The van der Waals surface area contributed by atoms with E-state index in [1.54, 1.807) is 0 Å². The molecule has 0 aromatic rings. The molecule has 2 atom stereocenters. The fourth-order valence-electron chi connectivity index (χ4n) is 2.17. The van der Waals surface area contributed by atoms with Crippen molar-refractivity contribution in [3.63, 3.8) is 0 Å². The van der Waals surface area contributed by atoms with Crippen LogP contribution in [0.1, 0.15) is 26.7 Å². The number of carbonyl (C=O) groups is 1. The summed E-state index contributed by atoms with van der Waals surface area (Å²) in [5, 5.41) is 0. The van der Waals surface area contributed by atoms with Gasteiger partial charge in [-0.15, -0.1) is 9.98 Å². The summed E-state index contributed by atoms with van der Waals surface area (Å²) >= 11 is 0. The molecule has 36 heavy (non-hydrogen) atoms. The topological polar surface area (TPSA) is 164 Å². The van der Waals surface area contributed by atoms with Crippen LogP contribution in [-0.2, 0) is 267 Å². The molecule has 0 aliphatic carbocycles. The molecule has 6 heterocycles. The Hall–Kier alpha value is 3.89. The van der Waals surface area contributed by atoms with Gasteiger partial charge in [0.25, 0.3) is 0 Å². The molecule has 6 aliphatic rings. The van der Waals surface area contributed by atoms with Crippen molar-refractivity contribution in [3.8, 4) is 0 Å². The zero-order valence-electron chi connectivity index (χ0n) is 18.9. The van der Waals surface area contributed by atoms with Crippen molar-refractivity contribution in [2.45, 2.75) is 44.8 Å². The molecule has 2 unspecified atom stereocenters. The van der Waals surface area contributed by atoms with E-state index in [9.17, 15) is 4.79 Å². The Balaban J connectivity index is -0.000000261. The number of ether oxygens (including phenoxy) is 6. The summed E-state index contributed by atoms with van der Waals surface area (Å²) in [6.07, 6.45) is 8.50. The summed E-state index contributed by atoms with van der Waals surface area (Å²) in [6, 6.07) is -3.50. The van der Waals surface area contributed by atoms with Crippen molar-refractivity contribution < 1.29 is 267 Å². The molecular weight excluding hydrogens is 1010 g/mol. The minimum absolute atomic E-state index is 0. The molecule has 0 saturated heterocycles. The maximum Gasteiger partial charge on any atom is 0.478 e. The van der Waals surface area contributed by atoms with Gasteiger partial charge in [-0.3, -0.25) is 11.1 Å². The van der Waals surface area contributed by atoms with Crippen molar-refractivity contribution in [2.24, 2.45) is 30.0 Å². The van der Waals surface area contributed by atoms with E-state index in [0.29, 0.717) is 17.7 Å². The number of carbonyl (C=O) groups excluding carboxylic acids is 2. The van der Waals surface area contributed by atoms with Crippen LogP contribution < -0.4 is 0 Å². The molecule has 0 aromatic heterocycles. The zero-order chi connectivity index (χ0) is 20.5. The second kappa shape index (κ2) is 20.7. The van der Waals surface area contributed by atoms with Gasteiger partial charge in [-0.05, 0) is 6.92 Å². The first kappa shape index (κ1) is 46.8. The van der Waals surface area contributed by atoms with Crippen molar-refractivity contribution in [1.82, 2.24) is 0 Å². The molecule has 0 fully saturated rings. The molecule has 7 radical (unpaired) electrons. The summed E-state index contributed by atoms with van der Waals surface area (Å²) in [5.41, 5.74) is 0. The van der Waals surface area contributed by atoms with Crippen LogP contribution >= 0.6 is 0 Å². The number of rotatable bonds is 4. The van der Waals surface area contributed by atoms with E-state index in [2.05, 4.69) is 58.6 Å². The van der Waals surface area contributed by atoms with Crippen LogP contribution in [0.5, 0.6) is 0 Å². The van der Waals surface area contributed by atoms with Gasteiger partial charge in [-0.1, -0.05) is 0 Å². The first-order chi connectivity index (χ1) is 13.9. The van der Waals surface area contributed by atoms with Gasteiger partial charge < -0.3 is 48.2 Å². The predicted octanol–water partition coefficient (Wildman–Crippen LogP) is -0.633. The molecule has 0 amide bonds. The van der Waals surface area contributed by atoms with Crippen LogP contribution in [0.15, 0.2) is 30.0 Å². The van der Waals surface area contributed by atoms with Crippen molar-refractivity contribution >= 4 is 49.0 Å². The van der Waals surface area contributed by atoms with E-state index in [1.807, 2.05) is 0 Å². The maximum absolute atomic E-state index is 10.8. The molecular formula is C15H10N6O8Y7-4. The Morgan fingerprint density at radius 3 is 1.28 bits per heavy atom. The molecule has 6 aliphatic heterocycles. The van der Waals surface area contributed by atoms with E-state index in [4.69, 9.17) is 23.7 Å². The van der Waals surface area contributed by atoms with Gasteiger partial charge in [0.1, 0.15) is 12.2 Å². The standard InChI is InChI=1S/C10H7N4O5.C3N2O2.C2H3O.7Y/c1-5(15)2-6-13-10(18-6)14-8(19-10)3-7-12-9(17-7)11-4-16-9;1-4-3(6-1)5-2-7-3;1-2-3;;;;;;;/h2-3H2,1H3;;1H3;;;;;;;/q-1;-2;-1;;;;;;;. The third kappa shape index (κ3) is 11.9. The van der Waals surface area contributed by atoms with Crippen molar-refractivity contribution in [1.29, 1.82) is 0 Å². The van der Waals surface area contributed by atoms with Gasteiger partial charge in [0, 0.05) is 229 Å². The summed E-state index contributed by atoms with van der Waals surface area (Å²) in [7, 11) is 0. The van der Waals surface area contributed by atoms with E-state index in [1.165, 1.54) is 20.1 Å². The average Bonchev–Trinajstić information content (AvgIpc) is 2.41. The molecule has 0 N–H and O–H groups in total. The van der Waals surface area contributed by atoms with Gasteiger partial charge in [0.2, 0.25) is 17.7 Å². The van der Waals surface area contributed by atoms with Gasteiger partial charge in [0.05, 0.1) is 6.42 Å². The molecule has 6 rings (SSSR count). The number of hydrogen-bond acceptors (Lipinski definition) is 14. The minimum Gasteiger partial charge on any atom is -0.614 e. The normalized spacial score (nSPS) is 24.7. The second-order valence-electron chi connectivity index (χ2n) is 5.64. The SMILES string of the molecule is CC(=O)CC1=NC2(N=C(CC3=NC4(N=[C-]O4)O3)O2)O1.C[C-]=O.[C-]1=NC2(N=[C-]O2)O1.[Y].[Y].[Y].[Y].[Y].[Y].[Y]. The van der Waals surface area contributed by atoms with E-state index in [-0.39, 0.29) is 248 Å². The molecule has 0 saturated carbocycles. The smallest absolute Gasteiger partial charge is 0.478 e. The predicted molar refractivity (Wildman–Crippen MR) is 90.6 cm³/mol. The van der Waals surface area contributed by atoms with E-state index < -0.39 is 18.1 Å². The monoisotopic (exact) mass is 1020 g/mol. The quantitative estimate of drug-likeness (QED) is 0.337. The zero-order valence-corrected chi connectivity index (χ0v) is 38.8. The number of nitrogens with zero attached hydrogens (tertiary/aromatic N) is 6. The van der Waals surface area contributed by atoms with Crippen LogP contribution in [0, 0.1) is 0 Å². The summed E-state index contributed by atoms with van der Waals surface area (Å²) in [4.78, 5) is 42.2. The van der Waals surface area contributed by atoms with E-state index >= 15 is 0 Å². The third-order valence-electron chi connectivity index (χ3n) is 3.35. The first-order valence-corrected chi connectivity index (χ1v) is 7.96. The summed E-state index contributed by atoms with van der Waals surface area (Å²) in [6.45, 7) is 2.78. The van der Waals surface area contributed by atoms with Gasteiger partial charge >= 0.3 is 18.1 Å². The Morgan fingerprint density at radius 1 is 0.722 bits per heavy atom. The summed E-state index contributed by atoms with van der Waals surface area (Å²) < 4.78 is 29.4. The average molecular weight is 1020 g/mol. The molecule has 3 spiro atoms. The van der Waals surface area contributed by atoms with Crippen LogP contribution in [0.4, 0.5) is 0 Å². The van der Waals surface area contributed by atoms with Gasteiger partial charge in [0.15, 0.2) is 0 Å². The van der Waals surface area contributed by atoms with Crippen LogP contribution in [0.2, 0.25) is 0 Å². The fraction of sp³-hybridized carbons (Fsp3) is 0.467. The number of Topliss-reactive ketones (excluding diaryl/α,β-unsaturated/α-hetero) is 1. The number of aliphatic imine (C=N–C) groups is 6. The van der Waals surface area contributed by atoms with Crippen LogP contribution in [0.3, 0.4) is 0 Å². The van der Waals surface area contributed by atoms with Gasteiger partial charge in [-0.25, -0.2) is 0 Å².